The Morgan fingerprint density at radius 3 is 2.56 bits per heavy atom. The molecule has 1 aromatic rings. The van der Waals surface area contributed by atoms with Crippen molar-refractivity contribution < 1.29 is 27.5 Å². The van der Waals surface area contributed by atoms with Gasteiger partial charge in [0.15, 0.2) is 5.11 Å². The van der Waals surface area contributed by atoms with Gasteiger partial charge in [0.2, 0.25) is 5.91 Å². The fourth-order valence-electron chi connectivity index (χ4n) is 1.64. The number of benzene rings is 1. The number of halogens is 4. The largest absolute Gasteiger partial charge is 0.466 e. The Balaban J connectivity index is 2.56. The molecule has 0 heterocycles. The third-order valence-corrected chi connectivity index (χ3v) is 3.35. The number of carbonyl (C=O) groups excluding carboxylic acids is 2. The van der Waals surface area contributed by atoms with E-state index in [1.165, 1.54) is 0 Å². The van der Waals surface area contributed by atoms with Crippen molar-refractivity contribution in [3.8, 4) is 0 Å². The zero-order chi connectivity index (χ0) is 19.0. The summed E-state index contributed by atoms with van der Waals surface area (Å²) in [7, 11) is 0. The zero-order valence-corrected chi connectivity index (χ0v) is 14.8. The first-order valence-electron chi connectivity index (χ1n) is 7.26. The second kappa shape index (κ2) is 9.57. The molecule has 5 nitrogen and oxygen atoms in total. The molecule has 1 amide bonds. The van der Waals surface area contributed by atoms with Crippen LogP contribution in [0.25, 0.3) is 0 Å². The molecule has 0 spiro atoms. The Kier molecular flexibility index (Phi) is 8.11. The van der Waals surface area contributed by atoms with Crippen LogP contribution in [-0.4, -0.2) is 23.6 Å². The number of nitrogens with one attached hydrogen (secondary N) is 2. The summed E-state index contributed by atoms with van der Waals surface area (Å²) in [5, 5.41) is 4.46. The Morgan fingerprint density at radius 2 is 1.96 bits per heavy atom. The van der Waals surface area contributed by atoms with Gasteiger partial charge >= 0.3 is 12.1 Å². The van der Waals surface area contributed by atoms with Gasteiger partial charge in [0.25, 0.3) is 0 Å². The molecule has 0 aliphatic rings. The van der Waals surface area contributed by atoms with Crippen molar-refractivity contribution in [2.24, 2.45) is 0 Å². The van der Waals surface area contributed by atoms with Crippen LogP contribution < -0.4 is 10.6 Å². The number of alkyl halides is 3. The van der Waals surface area contributed by atoms with Gasteiger partial charge in [-0.1, -0.05) is 18.5 Å². The maximum atomic E-state index is 12.7. The average molecular weight is 397 g/mol. The van der Waals surface area contributed by atoms with Gasteiger partial charge in [0, 0.05) is 6.42 Å². The molecule has 25 heavy (non-hydrogen) atoms. The van der Waals surface area contributed by atoms with Crippen LogP contribution in [0.1, 0.15) is 31.7 Å². The maximum Gasteiger partial charge on any atom is 0.416 e. The number of ether oxygens (including phenoxy) is 1. The Morgan fingerprint density at radius 1 is 1.28 bits per heavy atom. The number of esters is 1. The third-order valence-electron chi connectivity index (χ3n) is 2.82. The van der Waals surface area contributed by atoms with E-state index in [1.807, 2.05) is 6.92 Å². The molecule has 0 saturated heterocycles. The fourth-order valence-corrected chi connectivity index (χ4v) is 2.03. The molecule has 0 atom stereocenters. The van der Waals surface area contributed by atoms with E-state index in [-0.39, 0.29) is 35.3 Å². The van der Waals surface area contributed by atoms with Crippen molar-refractivity contribution in [3.63, 3.8) is 0 Å². The SMILES string of the molecule is CCCOC(=O)CCC(=O)NC(=S)Nc1cc(C(F)(F)F)ccc1Cl. The number of rotatable bonds is 6. The number of amides is 1. The van der Waals surface area contributed by atoms with Crippen molar-refractivity contribution in [1.82, 2.24) is 5.32 Å². The molecule has 2 N–H and O–H groups in total. The highest BCUT2D eigenvalue weighted by Gasteiger charge is 2.31. The van der Waals surface area contributed by atoms with Crippen molar-refractivity contribution in [1.29, 1.82) is 0 Å². The Bertz CT molecular complexity index is 653. The average Bonchev–Trinajstić information content (AvgIpc) is 2.51. The zero-order valence-electron chi connectivity index (χ0n) is 13.2. The first kappa shape index (κ1) is 21.2. The number of hydrogen-bond acceptors (Lipinski definition) is 4. The predicted octanol–water partition coefficient (Wildman–Crippen LogP) is 3.91. The molecule has 0 saturated carbocycles. The minimum Gasteiger partial charge on any atom is -0.466 e. The van der Waals surface area contributed by atoms with Gasteiger partial charge in [0.1, 0.15) is 0 Å². The highest BCUT2D eigenvalue weighted by atomic mass is 35.5. The van der Waals surface area contributed by atoms with Crippen LogP contribution in [0.5, 0.6) is 0 Å². The van der Waals surface area contributed by atoms with Gasteiger partial charge in [-0.2, -0.15) is 13.2 Å². The van der Waals surface area contributed by atoms with Crippen LogP contribution in [0.4, 0.5) is 18.9 Å². The van der Waals surface area contributed by atoms with E-state index in [1.54, 1.807) is 0 Å². The quantitative estimate of drug-likeness (QED) is 0.563. The molecule has 0 fully saturated rings. The summed E-state index contributed by atoms with van der Waals surface area (Å²) in [6.45, 7) is 2.11. The van der Waals surface area contributed by atoms with E-state index >= 15 is 0 Å². The number of carbonyl (C=O) groups is 2. The minimum atomic E-state index is -4.54. The highest BCUT2D eigenvalue weighted by molar-refractivity contribution is 7.80. The van der Waals surface area contributed by atoms with Gasteiger partial charge in [-0.3, -0.25) is 9.59 Å². The second-order valence-corrected chi connectivity index (χ2v) is 5.73. The molecule has 1 rings (SSSR count). The molecule has 10 heteroatoms. The summed E-state index contributed by atoms with van der Waals surface area (Å²) in [6, 6.07) is 2.68. The fraction of sp³-hybridized carbons (Fsp3) is 0.400. The molecule has 0 bridgehead atoms. The van der Waals surface area contributed by atoms with Gasteiger partial charge in [-0.25, -0.2) is 0 Å². The number of thiocarbonyl (C=S) groups is 1. The first-order valence-corrected chi connectivity index (χ1v) is 8.05. The molecule has 0 aromatic heterocycles. The van der Waals surface area contributed by atoms with Crippen LogP contribution in [-0.2, 0) is 20.5 Å². The van der Waals surface area contributed by atoms with Crippen LogP contribution in [0.15, 0.2) is 18.2 Å². The van der Waals surface area contributed by atoms with E-state index in [0.29, 0.717) is 6.42 Å². The lowest BCUT2D eigenvalue weighted by Crippen LogP contribution is -2.34. The lowest BCUT2D eigenvalue weighted by atomic mass is 10.2. The summed E-state index contributed by atoms with van der Waals surface area (Å²) in [4.78, 5) is 23.0. The lowest BCUT2D eigenvalue weighted by Gasteiger charge is -2.13. The minimum absolute atomic E-state index is 0.00717. The van der Waals surface area contributed by atoms with Gasteiger partial charge in [-0.05, 0) is 36.8 Å². The van der Waals surface area contributed by atoms with Crippen molar-refractivity contribution >= 4 is 46.5 Å². The standard InChI is InChI=1S/C15H16ClF3N2O3S/c1-2-7-24-13(23)6-5-12(22)21-14(25)20-11-8-9(15(17,18)19)3-4-10(11)16/h3-4,8H,2,5-7H2,1H3,(H2,20,21,22,25). The van der Waals surface area contributed by atoms with E-state index in [2.05, 4.69) is 10.6 Å². The van der Waals surface area contributed by atoms with Gasteiger partial charge in [-0.15, -0.1) is 0 Å². The highest BCUT2D eigenvalue weighted by Crippen LogP contribution is 2.33. The van der Waals surface area contributed by atoms with Crippen molar-refractivity contribution in [3.05, 3.63) is 28.8 Å². The summed E-state index contributed by atoms with van der Waals surface area (Å²) in [5.41, 5.74) is -1.00. The Hall–Kier alpha value is -1.87. The van der Waals surface area contributed by atoms with Crippen LogP contribution in [0, 0.1) is 0 Å². The predicted molar refractivity (Wildman–Crippen MR) is 91.3 cm³/mol. The molecule has 1 aromatic carbocycles. The molecule has 0 unspecified atom stereocenters. The van der Waals surface area contributed by atoms with E-state index in [9.17, 15) is 22.8 Å². The number of hydrogen-bond donors (Lipinski definition) is 2. The monoisotopic (exact) mass is 396 g/mol. The molecular weight excluding hydrogens is 381 g/mol. The summed E-state index contributed by atoms with van der Waals surface area (Å²) < 4.78 is 42.9. The second-order valence-electron chi connectivity index (χ2n) is 4.92. The smallest absolute Gasteiger partial charge is 0.416 e. The molecule has 0 aliphatic carbocycles. The van der Waals surface area contributed by atoms with Gasteiger partial charge < -0.3 is 15.4 Å². The summed E-state index contributed by atoms with van der Waals surface area (Å²) in [5.74, 6) is -1.09. The molecular formula is C15H16ClF3N2O3S. The normalized spacial score (nSPS) is 10.9. The summed E-state index contributed by atoms with van der Waals surface area (Å²) in [6.07, 6.45) is -4.16. The Labute approximate surface area is 152 Å². The topological polar surface area (TPSA) is 67.4 Å². The first-order chi connectivity index (χ1) is 11.6. The third kappa shape index (κ3) is 7.70. The van der Waals surface area contributed by atoms with Crippen LogP contribution in [0.3, 0.4) is 0 Å². The summed E-state index contributed by atoms with van der Waals surface area (Å²) >= 11 is 10.7. The number of anilines is 1. The van der Waals surface area contributed by atoms with E-state index in [0.717, 1.165) is 18.2 Å². The molecule has 138 valence electrons. The molecule has 0 aliphatic heterocycles. The van der Waals surface area contributed by atoms with Crippen LogP contribution in [0.2, 0.25) is 5.02 Å². The molecule has 0 radical (unpaired) electrons. The van der Waals surface area contributed by atoms with Crippen molar-refractivity contribution in [2.75, 3.05) is 11.9 Å². The van der Waals surface area contributed by atoms with E-state index in [4.69, 9.17) is 28.6 Å². The van der Waals surface area contributed by atoms with Crippen LogP contribution >= 0.6 is 23.8 Å². The maximum absolute atomic E-state index is 12.7. The lowest BCUT2D eigenvalue weighted by molar-refractivity contribution is -0.144. The van der Waals surface area contributed by atoms with E-state index < -0.39 is 23.6 Å². The van der Waals surface area contributed by atoms with Crippen molar-refractivity contribution in [2.45, 2.75) is 32.4 Å². The van der Waals surface area contributed by atoms with Gasteiger partial charge in [0.05, 0.1) is 29.3 Å².